The second-order valence-electron chi connectivity index (χ2n) is 2.76. The first-order chi connectivity index (χ1) is 6.79. The van der Waals surface area contributed by atoms with Crippen molar-refractivity contribution in [2.45, 2.75) is 20.3 Å². The second kappa shape index (κ2) is 8.24. The van der Waals surface area contributed by atoms with Gasteiger partial charge in [-0.25, -0.2) is 0 Å². The molecule has 0 amide bonds. The van der Waals surface area contributed by atoms with Crippen molar-refractivity contribution in [3.63, 3.8) is 0 Å². The summed E-state index contributed by atoms with van der Waals surface area (Å²) < 4.78 is 0. The normalized spacial score (nSPS) is 13.3. The van der Waals surface area contributed by atoms with Gasteiger partial charge in [-0.1, -0.05) is 38.3 Å². The molecule has 0 saturated heterocycles. The van der Waals surface area contributed by atoms with E-state index in [0.717, 1.165) is 18.5 Å². The van der Waals surface area contributed by atoms with Crippen LogP contribution in [0.3, 0.4) is 0 Å². The van der Waals surface area contributed by atoms with Gasteiger partial charge in [-0.3, -0.25) is 4.99 Å². The molecule has 0 unspecified atom stereocenters. The molecule has 0 aliphatic heterocycles. The Morgan fingerprint density at radius 1 is 1.21 bits per heavy atom. The Kier molecular flexibility index (Phi) is 7.43. The predicted molar refractivity (Wildman–Crippen MR) is 65.9 cm³/mol. The van der Waals surface area contributed by atoms with E-state index in [-0.39, 0.29) is 0 Å². The predicted octanol–water partition coefficient (Wildman–Crippen LogP) is 3.71. The van der Waals surface area contributed by atoms with Crippen LogP contribution in [0.1, 0.15) is 20.3 Å². The molecule has 0 atom stereocenters. The van der Waals surface area contributed by atoms with Gasteiger partial charge < -0.3 is 0 Å². The lowest BCUT2D eigenvalue weighted by Crippen LogP contribution is -1.86. The molecule has 0 rings (SSSR count). The van der Waals surface area contributed by atoms with Gasteiger partial charge in [0.05, 0.1) is 0 Å². The Morgan fingerprint density at radius 3 is 2.36 bits per heavy atom. The zero-order valence-electron chi connectivity index (χ0n) is 9.16. The quantitative estimate of drug-likeness (QED) is 0.446. The van der Waals surface area contributed by atoms with Crippen molar-refractivity contribution in [2.75, 3.05) is 6.54 Å². The summed E-state index contributed by atoms with van der Waals surface area (Å²) in [4.78, 5) is 4.15. The highest BCUT2D eigenvalue weighted by Gasteiger charge is 1.95. The Labute approximate surface area is 87.3 Å². The topological polar surface area (TPSA) is 12.4 Å². The Bertz CT molecular complexity index is 267. The van der Waals surface area contributed by atoms with Gasteiger partial charge in [0.25, 0.3) is 0 Å². The lowest BCUT2D eigenvalue weighted by molar-refractivity contribution is 1.12. The highest BCUT2D eigenvalue weighted by atomic mass is 14.7. The van der Waals surface area contributed by atoms with Crippen molar-refractivity contribution in [1.82, 2.24) is 0 Å². The third kappa shape index (κ3) is 4.61. The van der Waals surface area contributed by atoms with Crippen LogP contribution < -0.4 is 0 Å². The molecule has 0 aromatic rings. The zero-order valence-corrected chi connectivity index (χ0v) is 9.16. The summed E-state index contributed by atoms with van der Waals surface area (Å²) in [7, 11) is 0. The zero-order chi connectivity index (χ0) is 10.8. The minimum atomic E-state index is 0.822. The van der Waals surface area contributed by atoms with E-state index in [1.807, 2.05) is 31.4 Å². The summed E-state index contributed by atoms with van der Waals surface area (Å²) in [6.45, 7) is 12.4. The van der Waals surface area contributed by atoms with Crippen molar-refractivity contribution in [2.24, 2.45) is 4.99 Å². The van der Waals surface area contributed by atoms with Gasteiger partial charge in [0, 0.05) is 12.8 Å². The Morgan fingerprint density at radius 2 is 1.93 bits per heavy atom. The van der Waals surface area contributed by atoms with Crippen molar-refractivity contribution < 1.29 is 0 Å². The van der Waals surface area contributed by atoms with Crippen LogP contribution >= 0.6 is 0 Å². The SMILES string of the molecule is C=C/C=C(C=C)/C(=C/C=NCC)CC. The van der Waals surface area contributed by atoms with Crippen molar-refractivity contribution >= 4 is 6.21 Å². The van der Waals surface area contributed by atoms with E-state index >= 15 is 0 Å². The standard InChI is InChI=1S/C13H19N/c1-5-9-12(6-2)13(7-3)10-11-14-8-4/h5-6,9-11H,1-2,7-8H2,3-4H3/b12-9+,13-10+,14-11?. The summed E-state index contributed by atoms with van der Waals surface area (Å²) in [5.74, 6) is 0. The molecule has 0 aliphatic carbocycles. The van der Waals surface area contributed by atoms with Crippen LogP contribution in [-0.2, 0) is 0 Å². The maximum Gasteiger partial charge on any atom is 0.0360 e. The Hall–Kier alpha value is -1.37. The molecule has 0 aliphatic rings. The van der Waals surface area contributed by atoms with Crippen LogP contribution in [0.4, 0.5) is 0 Å². The van der Waals surface area contributed by atoms with Gasteiger partial charge in [-0.15, -0.1) is 0 Å². The molecule has 0 heterocycles. The van der Waals surface area contributed by atoms with Crippen LogP contribution in [0.15, 0.2) is 53.6 Å². The largest absolute Gasteiger partial charge is 0.293 e. The molecule has 0 aromatic heterocycles. The lowest BCUT2D eigenvalue weighted by atomic mass is 10.0. The minimum absolute atomic E-state index is 0.822. The first-order valence-corrected chi connectivity index (χ1v) is 4.94. The van der Waals surface area contributed by atoms with Gasteiger partial charge >= 0.3 is 0 Å². The van der Waals surface area contributed by atoms with Crippen LogP contribution in [0.25, 0.3) is 0 Å². The first kappa shape index (κ1) is 12.6. The molecule has 1 heteroatoms. The molecule has 14 heavy (non-hydrogen) atoms. The van der Waals surface area contributed by atoms with Crippen molar-refractivity contribution in [1.29, 1.82) is 0 Å². The molecule has 0 fully saturated rings. The summed E-state index contributed by atoms with van der Waals surface area (Å²) in [5, 5.41) is 0. The fourth-order valence-corrected chi connectivity index (χ4v) is 1.10. The highest BCUT2D eigenvalue weighted by Crippen LogP contribution is 2.14. The second-order valence-corrected chi connectivity index (χ2v) is 2.76. The summed E-state index contributed by atoms with van der Waals surface area (Å²) in [5.41, 5.74) is 2.35. The summed E-state index contributed by atoms with van der Waals surface area (Å²) >= 11 is 0. The first-order valence-electron chi connectivity index (χ1n) is 4.94. The maximum atomic E-state index is 4.15. The van der Waals surface area contributed by atoms with E-state index in [4.69, 9.17) is 0 Å². The molecule has 1 nitrogen and oxygen atoms in total. The average Bonchev–Trinajstić information content (AvgIpc) is 2.22. The van der Waals surface area contributed by atoms with Crippen molar-refractivity contribution in [3.05, 3.63) is 48.6 Å². The van der Waals surface area contributed by atoms with Gasteiger partial charge in [0.15, 0.2) is 0 Å². The summed E-state index contributed by atoms with van der Waals surface area (Å²) in [6.07, 6.45) is 10.4. The van der Waals surface area contributed by atoms with Gasteiger partial charge in [-0.05, 0) is 30.6 Å². The van der Waals surface area contributed by atoms with Crippen LogP contribution in [0, 0.1) is 0 Å². The highest BCUT2D eigenvalue weighted by molar-refractivity contribution is 5.74. The van der Waals surface area contributed by atoms with Crippen LogP contribution in [0.5, 0.6) is 0 Å². The monoisotopic (exact) mass is 189 g/mol. The van der Waals surface area contributed by atoms with E-state index in [9.17, 15) is 0 Å². The van der Waals surface area contributed by atoms with Crippen LogP contribution in [0.2, 0.25) is 0 Å². The molecule has 0 aromatic carbocycles. The summed E-state index contributed by atoms with van der Waals surface area (Å²) in [6, 6.07) is 0. The third-order valence-corrected chi connectivity index (χ3v) is 1.83. The molecule has 0 spiro atoms. The fourth-order valence-electron chi connectivity index (χ4n) is 1.10. The van der Waals surface area contributed by atoms with E-state index < -0.39 is 0 Å². The number of hydrogen-bond acceptors (Lipinski definition) is 1. The molecule has 76 valence electrons. The number of hydrogen-bond donors (Lipinski definition) is 0. The fraction of sp³-hybridized carbons (Fsp3) is 0.308. The number of nitrogens with zero attached hydrogens (tertiary/aromatic N) is 1. The molecule has 0 saturated carbocycles. The molecular weight excluding hydrogens is 170 g/mol. The molecule has 0 radical (unpaired) electrons. The third-order valence-electron chi connectivity index (χ3n) is 1.83. The van der Waals surface area contributed by atoms with Gasteiger partial charge in [0.2, 0.25) is 0 Å². The smallest absolute Gasteiger partial charge is 0.0360 e. The molecule has 0 bridgehead atoms. The number of allylic oxidation sites excluding steroid dienone is 6. The minimum Gasteiger partial charge on any atom is -0.293 e. The lowest BCUT2D eigenvalue weighted by Gasteiger charge is -2.03. The average molecular weight is 189 g/mol. The number of rotatable bonds is 6. The van der Waals surface area contributed by atoms with E-state index in [0.29, 0.717) is 0 Å². The van der Waals surface area contributed by atoms with Gasteiger partial charge in [0.1, 0.15) is 0 Å². The Balaban J connectivity index is 4.75. The maximum absolute atomic E-state index is 4.15. The van der Waals surface area contributed by atoms with E-state index in [1.54, 1.807) is 6.08 Å². The van der Waals surface area contributed by atoms with E-state index in [2.05, 4.69) is 25.1 Å². The number of aliphatic imine (C=N–C) groups is 1. The van der Waals surface area contributed by atoms with E-state index in [1.165, 1.54) is 5.57 Å². The molecular formula is C13H19N. The van der Waals surface area contributed by atoms with Gasteiger partial charge in [-0.2, -0.15) is 0 Å². The van der Waals surface area contributed by atoms with Crippen molar-refractivity contribution in [3.8, 4) is 0 Å². The molecule has 0 N–H and O–H groups in total. The van der Waals surface area contributed by atoms with Crippen LogP contribution in [-0.4, -0.2) is 12.8 Å².